The summed E-state index contributed by atoms with van der Waals surface area (Å²) >= 11 is 7.23. The van der Waals surface area contributed by atoms with E-state index in [-0.39, 0.29) is 30.8 Å². The van der Waals surface area contributed by atoms with Crippen LogP contribution in [-0.4, -0.2) is 23.3 Å². The van der Waals surface area contributed by atoms with Gasteiger partial charge in [0, 0.05) is 24.4 Å². The number of likely N-dealkylation sites (tertiary alicyclic amines) is 1. The third-order valence-electron chi connectivity index (χ3n) is 3.75. The molecule has 0 spiro atoms. The quantitative estimate of drug-likeness (QED) is 0.776. The average Bonchev–Trinajstić information content (AvgIpc) is 3.12. The maximum absolute atomic E-state index is 12.1. The van der Waals surface area contributed by atoms with Crippen LogP contribution >= 0.6 is 22.9 Å². The Hall–Kier alpha value is -1.85. The molecule has 1 amide bonds. The van der Waals surface area contributed by atoms with Crippen molar-refractivity contribution in [1.82, 2.24) is 4.90 Å². The summed E-state index contributed by atoms with van der Waals surface area (Å²) in [4.78, 5) is 26.8. The minimum absolute atomic E-state index is 0.00466. The number of carbonyl (C=O) groups excluding carboxylic acids is 2. The van der Waals surface area contributed by atoms with Crippen LogP contribution in [0.1, 0.15) is 16.9 Å². The van der Waals surface area contributed by atoms with Crippen LogP contribution in [0.5, 0.6) is 0 Å². The van der Waals surface area contributed by atoms with Crippen LogP contribution in [0.2, 0.25) is 4.34 Å². The van der Waals surface area contributed by atoms with Crippen molar-refractivity contribution in [1.29, 1.82) is 0 Å². The normalized spacial score (nSPS) is 17.5. The van der Waals surface area contributed by atoms with Crippen LogP contribution in [0, 0.1) is 5.92 Å². The number of benzene rings is 1. The van der Waals surface area contributed by atoms with Crippen LogP contribution in [0.3, 0.4) is 0 Å². The molecule has 1 aromatic carbocycles. The Bertz CT molecular complexity index is 701. The largest absolute Gasteiger partial charge is 0.460 e. The van der Waals surface area contributed by atoms with Crippen LogP contribution in [0.15, 0.2) is 42.5 Å². The van der Waals surface area contributed by atoms with Gasteiger partial charge >= 0.3 is 5.97 Å². The highest BCUT2D eigenvalue weighted by Crippen LogP contribution is 2.24. The molecular formula is C17H16ClNO3S. The molecule has 1 atom stereocenters. The highest BCUT2D eigenvalue weighted by Gasteiger charge is 2.35. The van der Waals surface area contributed by atoms with Crippen LogP contribution in [0.25, 0.3) is 0 Å². The van der Waals surface area contributed by atoms with Crippen molar-refractivity contribution in [3.63, 3.8) is 0 Å². The van der Waals surface area contributed by atoms with Crippen molar-refractivity contribution >= 4 is 34.8 Å². The highest BCUT2D eigenvalue weighted by atomic mass is 35.5. The Kier molecular flexibility index (Phi) is 4.98. The number of halogens is 1. The van der Waals surface area contributed by atoms with Gasteiger partial charge in [-0.2, -0.15) is 0 Å². The van der Waals surface area contributed by atoms with Crippen molar-refractivity contribution in [2.24, 2.45) is 5.92 Å². The van der Waals surface area contributed by atoms with Gasteiger partial charge in [-0.05, 0) is 17.7 Å². The second-order valence-electron chi connectivity index (χ2n) is 5.47. The summed E-state index contributed by atoms with van der Waals surface area (Å²) in [5.41, 5.74) is 1.06. The summed E-state index contributed by atoms with van der Waals surface area (Å²) in [7, 11) is 0. The van der Waals surface area contributed by atoms with Gasteiger partial charge in [-0.1, -0.05) is 41.9 Å². The predicted molar refractivity (Wildman–Crippen MR) is 89.1 cm³/mol. The molecule has 0 N–H and O–H groups in total. The zero-order valence-corrected chi connectivity index (χ0v) is 14.0. The molecule has 120 valence electrons. The summed E-state index contributed by atoms with van der Waals surface area (Å²) in [6.45, 7) is 1.15. The third-order valence-corrected chi connectivity index (χ3v) is 4.95. The molecule has 1 saturated heterocycles. The molecule has 23 heavy (non-hydrogen) atoms. The molecule has 0 aliphatic carbocycles. The lowest BCUT2D eigenvalue weighted by Crippen LogP contribution is -2.26. The van der Waals surface area contributed by atoms with Crippen molar-refractivity contribution in [2.45, 2.75) is 19.6 Å². The van der Waals surface area contributed by atoms with Crippen molar-refractivity contribution in [3.05, 3.63) is 57.2 Å². The molecule has 3 rings (SSSR count). The first-order valence-corrected chi connectivity index (χ1v) is 8.54. The van der Waals surface area contributed by atoms with Crippen molar-refractivity contribution < 1.29 is 14.3 Å². The first kappa shape index (κ1) is 16.0. The Balaban J connectivity index is 1.53. The number of carbonyl (C=O) groups is 2. The van der Waals surface area contributed by atoms with E-state index in [0.29, 0.717) is 17.4 Å². The molecule has 0 unspecified atom stereocenters. The average molecular weight is 350 g/mol. The van der Waals surface area contributed by atoms with Gasteiger partial charge in [0.2, 0.25) is 5.91 Å². The highest BCUT2D eigenvalue weighted by molar-refractivity contribution is 7.16. The molecule has 0 radical (unpaired) electrons. The Morgan fingerprint density at radius 3 is 2.74 bits per heavy atom. The molecular weight excluding hydrogens is 334 g/mol. The van der Waals surface area contributed by atoms with Gasteiger partial charge in [0.15, 0.2) is 0 Å². The zero-order valence-electron chi connectivity index (χ0n) is 12.4. The van der Waals surface area contributed by atoms with Crippen molar-refractivity contribution in [3.8, 4) is 0 Å². The number of nitrogens with zero attached hydrogens (tertiary/aromatic N) is 1. The summed E-state index contributed by atoms with van der Waals surface area (Å²) in [5.74, 6) is -0.713. The summed E-state index contributed by atoms with van der Waals surface area (Å²) in [6.07, 6.45) is 0.219. The second kappa shape index (κ2) is 7.15. The number of rotatable bonds is 5. The lowest BCUT2D eigenvalue weighted by Gasteiger charge is -2.16. The maximum Gasteiger partial charge on any atom is 0.311 e. The molecule has 1 fully saturated rings. The SMILES string of the molecule is O=C(OCc1ccc(Cl)s1)[C@@H]1CC(=O)N(Cc2ccccc2)C1. The summed E-state index contributed by atoms with van der Waals surface area (Å²) in [6, 6.07) is 13.4. The predicted octanol–water partition coefficient (Wildman–Crippen LogP) is 3.49. The summed E-state index contributed by atoms with van der Waals surface area (Å²) in [5, 5.41) is 0. The molecule has 0 saturated carbocycles. The second-order valence-corrected chi connectivity index (χ2v) is 7.27. The lowest BCUT2D eigenvalue weighted by molar-refractivity contribution is -0.149. The van der Waals surface area contributed by atoms with Crippen LogP contribution < -0.4 is 0 Å². The van der Waals surface area contributed by atoms with Gasteiger partial charge in [0.1, 0.15) is 6.61 Å². The Morgan fingerprint density at radius 1 is 1.26 bits per heavy atom. The van der Waals surface area contributed by atoms with Gasteiger partial charge in [-0.15, -0.1) is 11.3 Å². The first-order valence-electron chi connectivity index (χ1n) is 7.34. The maximum atomic E-state index is 12.1. The van der Waals surface area contributed by atoms with Gasteiger partial charge in [-0.3, -0.25) is 9.59 Å². The monoisotopic (exact) mass is 349 g/mol. The molecule has 4 nitrogen and oxygen atoms in total. The van der Waals surface area contributed by atoms with Crippen molar-refractivity contribution in [2.75, 3.05) is 6.54 Å². The van der Waals surface area contributed by atoms with E-state index in [0.717, 1.165) is 10.4 Å². The molecule has 2 heterocycles. The summed E-state index contributed by atoms with van der Waals surface area (Å²) < 4.78 is 5.97. The Labute approximate surface area is 143 Å². The van der Waals surface area contributed by atoms with E-state index in [1.165, 1.54) is 11.3 Å². The minimum atomic E-state index is -0.387. The van der Waals surface area contributed by atoms with Gasteiger partial charge in [-0.25, -0.2) is 0 Å². The number of hydrogen-bond donors (Lipinski definition) is 0. The minimum Gasteiger partial charge on any atom is -0.460 e. The van der Waals surface area contributed by atoms with E-state index in [4.69, 9.17) is 16.3 Å². The van der Waals surface area contributed by atoms with E-state index >= 15 is 0 Å². The number of hydrogen-bond acceptors (Lipinski definition) is 4. The fraction of sp³-hybridized carbons (Fsp3) is 0.294. The Morgan fingerprint density at radius 2 is 2.04 bits per heavy atom. The fourth-order valence-electron chi connectivity index (χ4n) is 2.58. The van der Waals surface area contributed by atoms with Gasteiger partial charge in [0.25, 0.3) is 0 Å². The van der Waals surface area contributed by atoms with Crippen LogP contribution in [-0.2, 0) is 27.5 Å². The number of esters is 1. The van der Waals surface area contributed by atoms with Gasteiger partial charge in [0.05, 0.1) is 10.3 Å². The molecule has 1 aliphatic rings. The molecule has 0 bridgehead atoms. The van der Waals surface area contributed by atoms with E-state index in [2.05, 4.69) is 0 Å². The van der Waals surface area contributed by atoms with Crippen LogP contribution in [0.4, 0.5) is 0 Å². The number of ether oxygens (including phenoxy) is 1. The number of thiophene rings is 1. The third kappa shape index (κ3) is 4.12. The number of amides is 1. The smallest absolute Gasteiger partial charge is 0.311 e. The van der Waals surface area contributed by atoms with Gasteiger partial charge < -0.3 is 9.64 Å². The molecule has 1 aromatic heterocycles. The van der Waals surface area contributed by atoms with E-state index < -0.39 is 0 Å². The lowest BCUT2D eigenvalue weighted by atomic mass is 10.1. The first-order chi connectivity index (χ1) is 11.1. The van der Waals surface area contributed by atoms with E-state index in [9.17, 15) is 9.59 Å². The molecule has 1 aliphatic heterocycles. The standard InChI is InChI=1S/C17H16ClNO3S/c18-15-7-6-14(23-15)11-22-17(21)13-8-16(20)19(10-13)9-12-4-2-1-3-5-12/h1-7,13H,8-11H2/t13-/m1/s1. The topological polar surface area (TPSA) is 46.6 Å². The fourth-order valence-corrected chi connectivity index (χ4v) is 3.58. The van der Waals surface area contributed by atoms with E-state index in [1.807, 2.05) is 36.4 Å². The molecule has 2 aromatic rings. The zero-order chi connectivity index (χ0) is 16.2. The molecule has 6 heteroatoms. The van der Waals surface area contributed by atoms with E-state index in [1.54, 1.807) is 11.0 Å².